The second kappa shape index (κ2) is 8.12. The number of halogens is 1. The van der Waals surface area contributed by atoms with E-state index in [1.54, 1.807) is 19.2 Å². The summed E-state index contributed by atoms with van der Waals surface area (Å²) in [6.07, 6.45) is 1.70. The van der Waals surface area contributed by atoms with Crippen molar-refractivity contribution in [3.8, 4) is 0 Å². The molecule has 1 rings (SSSR count). The Kier molecular flexibility index (Phi) is 6.81. The summed E-state index contributed by atoms with van der Waals surface area (Å²) in [5.74, 6) is -0.202. The lowest BCUT2D eigenvalue weighted by atomic mass is 10.1. The summed E-state index contributed by atoms with van der Waals surface area (Å²) in [6.45, 7) is 6.20. The van der Waals surface area contributed by atoms with Gasteiger partial charge < -0.3 is 15.4 Å². The van der Waals surface area contributed by atoms with E-state index in [2.05, 4.69) is 18.7 Å². The predicted octanol–water partition coefficient (Wildman–Crippen LogP) is 2.58. The fourth-order valence-corrected chi connectivity index (χ4v) is 2.12. The van der Waals surface area contributed by atoms with Crippen molar-refractivity contribution in [2.24, 2.45) is 5.73 Å². The van der Waals surface area contributed by atoms with Gasteiger partial charge in [0.05, 0.1) is 6.61 Å². The van der Waals surface area contributed by atoms with E-state index in [1.165, 1.54) is 0 Å². The Hall–Kier alpha value is -1.13. The molecule has 19 heavy (non-hydrogen) atoms. The smallest absolute Gasteiger partial charge is 0.125 e. The first-order valence-corrected chi connectivity index (χ1v) is 6.87. The SMILES string of the molecule is CCC(C)N(CCOC)c1cc(F)cc(CCN)c1. The van der Waals surface area contributed by atoms with E-state index in [9.17, 15) is 4.39 Å². The van der Waals surface area contributed by atoms with Gasteiger partial charge in [0.15, 0.2) is 0 Å². The second-order valence-electron chi connectivity index (χ2n) is 4.80. The Morgan fingerprint density at radius 3 is 2.68 bits per heavy atom. The van der Waals surface area contributed by atoms with Gasteiger partial charge in [0, 0.05) is 25.4 Å². The molecule has 0 aliphatic carbocycles. The van der Waals surface area contributed by atoms with E-state index in [4.69, 9.17) is 10.5 Å². The molecule has 2 N–H and O–H groups in total. The van der Waals surface area contributed by atoms with Crippen LogP contribution in [0.15, 0.2) is 18.2 Å². The summed E-state index contributed by atoms with van der Waals surface area (Å²) in [7, 11) is 1.68. The number of nitrogens with two attached hydrogens (primary N) is 1. The molecule has 108 valence electrons. The van der Waals surface area contributed by atoms with Gasteiger partial charge >= 0.3 is 0 Å². The number of nitrogens with zero attached hydrogens (tertiary/aromatic N) is 1. The van der Waals surface area contributed by atoms with E-state index in [1.807, 2.05) is 6.07 Å². The molecule has 1 unspecified atom stereocenters. The Morgan fingerprint density at radius 1 is 1.37 bits per heavy atom. The third-order valence-electron chi connectivity index (χ3n) is 3.37. The first-order chi connectivity index (χ1) is 9.12. The van der Waals surface area contributed by atoms with E-state index < -0.39 is 0 Å². The Morgan fingerprint density at radius 2 is 2.11 bits per heavy atom. The average molecular weight is 268 g/mol. The highest BCUT2D eigenvalue weighted by atomic mass is 19.1. The number of anilines is 1. The van der Waals surface area contributed by atoms with Crippen LogP contribution < -0.4 is 10.6 Å². The van der Waals surface area contributed by atoms with Crippen molar-refractivity contribution < 1.29 is 9.13 Å². The summed E-state index contributed by atoms with van der Waals surface area (Å²) < 4.78 is 18.8. The van der Waals surface area contributed by atoms with Crippen LogP contribution >= 0.6 is 0 Å². The third-order valence-corrected chi connectivity index (χ3v) is 3.37. The maximum Gasteiger partial charge on any atom is 0.125 e. The van der Waals surface area contributed by atoms with Gasteiger partial charge in [-0.3, -0.25) is 0 Å². The summed E-state index contributed by atoms with van der Waals surface area (Å²) in [6, 6.07) is 5.52. The quantitative estimate of drug-likeness (QED) is 0.787. The maximum absolute atomic E-state index is 13.7. The number of ether oxygens (including phenoxy) is 1. The lowest BCUT2D eigenvalue weighted by Gasteiger charge is -2.31. The molecule has 0 radical (unpaired) electrons. The number of hydrogen-bond acceptors (Lipinski definition) is 3. The molecular formula is C15H25FN2O. The summed E-state index contributed by atoms with van der Waals surface area (Å²) in [4.78, 5) is 2.19. The lowest BCUT2D eigenvalue weighted by molar-refractivity contribution is 0.203. The molecule has 0 aromatic heterocycles. The van der Waals surface area contributed by atoms with Crippen molar-refractivity contribution in [1.29, 1.82) is 0 Å². The molecule has 0 spiro atoms. The zero-order chi connectivity index (χ0) is 14.3. The van der Waals surface area contributed by atoms with Crippen LogP contribution in [0, 0.1) is 5.82 Å². The minimum atomic E-state index is -0.202. The Balaban J connectivity index is 2.99. The molecule has 0 fully saturated rings. The summed E-state index contributed by atoms with van der Waals surface area (Å²) >= 11 is 0. The molecule has 0 saturated carbocycles. The molecule has 1 atom stereocenters. The highest BCUT2D eigenvalue weighted by molar-refractivity contribution is 5.50. The predicted molar refractivity (Wildman–Crippen MR) is 78.1 cm³/mol. The maximum atomic E-state index is 13.7. The number of benzene rings is 1. The van der Waals surface area contributed by atoms with Gasteiger partial charge in [0.25, 0.3) is 0 Å². The molecule has 4 heteroatoms. The average Bonchev–Trinajstić information content (AvgIpc) is 2.38. The van der Waals surface area contributed by atoms with Gasteiger partial charge in [-0.1, -0.05) is 6.92 Å². The molecule has 1 aromatic carbocycles. The molecule has 0 saturated heterocycles. The fourth-order valence-electron chi connectivity index (χ4n) is 2.12. The number of hydrogen-bond donors (Lipinski definition) is 1. The van der Waals surface area contributed by atoms with Crippen molar-refractivity contribution in [2.75, 3.05) is 31.7 Å². The second-order valence-corrected chi connectivity index (χ2v) is 4.80. The van der Waals surface area contributed by atoms with Crippen molar-refractivity contribution in [3.63, 3.8) is 0 Å². The van der Waals surface area contributed by atoms with E-state index in [0.29, 0.717) is 25.6 Å². The molecule has 0 aliphatic rings. The van der Waals surface area contributed by atoms with Crippen LogP contribution in [0.25, 0.3) is 0 Å². The van der Waals surface area contributed by atoms with Crippen LogP contribution in [-0.2, 0) is 11.2 Å². The largest absolute Gasteiger partial charge is 0.383 e. The van der Waals surface area contributed by atoms with Crippen LogP contribution in [0.5, 0.6) is 0 Å². The van der Waals surface area contributed by atoms with Crippen molar-refractivity contribution in [1.82, 2.24) is 0 Å². The lowest BCUT2D eigenvalue weighted by Crippen LogP contribution is -2.35. The normalized spacial score (nSPS) is 12.5. The third kappa shape index (κ3) is 4.80. The van der Waals surface area contributed by atoms with Crippen LogP contribution in [-0.4, -0.2) is 32.8 Å². The minimum absolute atomic E-state index is 0.202. The zero-order valence-corrected chi connectivity index (χ0v) is 12.2. The summed E-state index contributed by atoms with van der Waals surface area (Å²) in [5, 5.41) is 0. The number of methoxy groups -OCH3 is 1. The van der Waals surface area contributed by atoms with E-state index >= 15 is 0 Å². The standard InChI is InChI=1S/C15H25FN2O/c1-4-12(2)18(7-8-19-3)15-10-13(5-6-17)9-14(16)11-15/h9-12H,4-8,17H2,1-3H3. The zero-order valence-electron chi connectivity index (χ0n) is 12.2. The Labute approximate surface area is 115 Å². The van der Waals surface area contributed by atoms with E-state index in [-0.39, 0.29) is 5.82 Å². The molecule has 0 bridgehead atoms. The van der Waals surface area contributed by atoms with Crippen LogP contribution in [0.3, 0.4) is 0 Å². The topological polar surface area (TPSA) is 38.5 Å². The van der Waals surface area contributed by atoms with Gasteiger partial charge in [0.2, 0.25) is 0 Å². The number of rotatable bonds is 8. The van der Waals surface area contributed by atoms with Gasteiger partial charge in [-0.25, -0.2) is 4.39 Å². The molecule has 1 aromatic rings. The molecule has 0 heterocycles. The van der Waals surface area contributed by atoms with Gasteiger partial charge in [-0.05, 0) is 50.1 Å². The highest BCUT2D eigenvalue weighted by Gasteiger charge is 2.14. The summed E-state index contributed by atoms with van der Waals surface area (Å²) in [5.41, 5.74) is 7.41. The Bertz CT molecular complexity index is 384. The fraction of sp³-hybridized carbons (Fsp3) is 0.600. The van der Waals surface area contributed by atoms with Crippen molar-refractivity contribution >= 4 is 5.69 Å². The van der Waals surface area contributed by atoms with Crippen molar-refractivity contribution in [2.45, 2.75) is 32.7 Å². The first kappa shape index (κ1) is 15.9. The molecule has 0 amide bonds. The first-order valence-electron chi connectivity index (χ1n) is 6.87. The van der Waals surface area contributed by atoms with Crippen LogP contribution in [0.1, 0.15) is 25.8 Å². The minimum Gasteiger partial charge on any atom is -0.383 e. The van der Waals surface area contributed by atoms with Gasteiger partial charge in [0.1, 0.15) is 5.82 Å². The van der Waals surface area contributed by atoms with Crippen molar-refractivity contribution in [3.05, 3.63) is 29.6 Å². The molecule has 3 nitrogen and oxygen atoms in total. The van der Waals surface area contributed by atoms with Gasteiger partial charge in [-0.2, -0.15) is 0 Å². The van der Waals surface area contributed by atoms with Crippen LogP contribution in [0.2, 0.25) is 0 Å². The highest BCUT2D eigenvalue weighted by Crippen LogP contribution is 2.22. The molecular weight excluding hydrogens is 243 g/mol. The van der Waals surface area contributed by atoms with Crippen LogP contribution in [0.4, 0.5) is 10.1 Å². The van der Waals surface area contributed by atoms with Gasteiger partial charge in [-0.15, -0.1) is 0 Å². The molecule has 0 aliphatic heterocycles. The monoisotopic (exact) mass is 268 g/mol. The van der Waals surface area contributed by atoms with E-state index in [0.717, 1.165) is 24.2 Å².